The summed E-state index contributed by atoms with van der Waals surface area (Å²) in [7, 11) is 1.30. The number of hydrogen-bond donors (Lipinski definition) is 1. The van der Waals surface area contributed by atoms with Gasteiger partial charge in [0.2, 0.25) is 0 Å². The number of carbonyl (C=O) groups excluding carboxylic acids is 1. The maximum absolute atomic E-state index is 11.0. The molecule has 0 bridgehead atoms. The van der Waals surface area contributed by atoms with E-state index in [1.807, 2.05) is 0 Å². The first-order chi connectivity index (χ1) is 5.79. The topological polar surface area (TPSA) is 59.4 Å². The van der Waals surface area contributed by atoms with Gasteiger partial charge >= 0.3 is 5.97 Å². The Morgan fingerprint density at radius 2 is 2.50 bits per heavy atom. The highest BCUT2D eigenvalue weighted by molar-refractivity contribution is 5.90. The third-order valence-electron chi connectivity index (χ3n) is 1.48. The summed E-state index contributed by atoms with van der Waals surface area (Å²) in [6.07, 6.45) is 2.91. The predicted molar refractivity (Wildman–Crippen MR) is 41.5 cm³/mol. The molecule has 1 rings (SSSR count). The Kier molecular flexibility index (Phi) is 2.76. The highest BCUT2D eigenvalue weighted by atomic mass is 16.5. The van der Waals surface area contributed by atoms with Gasteiger partial charge in [-0.15, -0.1) is 0 Å². The number of nitrogens with zero attached hydrogens (tertiary/aromatic N) is 1. The quantitative estimate of drug-likeness (QED) is 0.646. The normalized spacial score (nSPS) is 9.50. The monoisotopic (exact) mass is 167 g/mol. The van der Waals surface area contributed by atoms with Gasteiger partial charge in [-0.05, 0) is 6.07 Å². The van der Waals surface area contributed by atoms with Gasteiger partial charge in [-0.2, -0.15) is 0 Å². The molecule has 0 fully saturated rings. The summed E-state index contributed by atoms with van der Waals surface area (Å²) in [5.41, 5.74) is 0.833. The van der Waals surface area contributed by atoms with Crippen LogP contribution < -0.4 is 0 Å². The number of esters is 1. The highest BCUT2D eigenvalue weighted by Crippen LogP contribution is 2.07. The van der Waals surface area contributed by atoms with Crippen LogP contribution in [-0.2, 0) is 11.3 Å². The Balaban J connectivity index is 3.04. The van der Waals surface area contributed by atoms with Crippen molar-refractivity contribution in [1.29, 1.82) is 0 Å². The van der Waals surface area contributed by atoms with Gasteiger partial charge in [-0.3, -0.25) is 4.98 Å². The number of rotatable bonds is 2. The molecule has 4 heteroatoms. The first kappa shape index (κ1) is 8.67. The van der Waals surface area contributed by atoms with E-state index in [-0.39, 0.29) is 6.61 Å². The largest absolute Gasteiger partial charge is 0.465 e. The van der Waals surface area contributed by atoms with Gasteiger partial charge in [0, 0.05) is 18.0 Å². The number of ether oxygens (including phenoxy) is 1. The average Bonchev–Trinajstić information content (AvgIpc) is 2.16. The molecule has 0 atom stereocenters. The molecule has 1 N–H and O–H groups in total. The van der Waals surface area contributed by atoms with E-state index in [0.29, 0.717) is 11.1 Å². The summed E-state index contributed by atoms with van der Waals surface area (Å²) in [5.74, 6) is -0.457. The molecule has 0 saturated heterocycles. The van der Waals surface area contributed by atoms with E-state index in [2.05, 4.69) is 9.72 Å². The first-order valence-electron chi connectivity index (χ1n) is 3.41. The van der Waals surface area contributed by atoms with Crippen LogP contribution in [0.15, 0.2) is 18.5 Å². The molecule has 1 heterocycles. The van der Waals surface area contributed by atoms with Crippen molar-refractivity contribution >= 4 is 5.97 Å². The second-order valence-electron chi connectivity index (χ2n) is 2.18. The molecule has 0 unspecified atom stereocenters. The van der Waals surface area contributed by atoms with Crippen LogP contribution in [0, 0.1) is 0 Å². The Bertz CT molecular complexity index is 285. The van der Waals surface area contributed by atoms with E-state index in [1.54, 1.807) is 0 Å². The van der Waals surface area contributed by atoms with Gasteiger partial charge in [0.25, 0.3) is 0 Å². The number of aliphatic hydroxyl groups is 1. The smallest absolute Gasteiger partial charge is 0.338 e. The van der Waals surface area contributed by atoms with Crippen molar-refractivity contribution in [2.75, 3.05) is 7.11 Å². The minimum atomic E-state index is -0.457. The van der Waals surface area contributed by atoms with Crippen molar-refractivity contribution in [2.45, 2.75) is 6.61 Å². The summed E-state index contributed by atoms with van der Waals surface area (Å²) in [6, 6.07) is 1.51. The molecule has 0 amide bonds. The maximum atomic E-state index is 11.0. The molecule has 0 aliphatic heterocycles. The van der Waals surface area contributed by atoms with Crippen molar-refractivity contribution in [3.63, 3.8) is 0 Å². The van der Waals surface area contributed by atoms with E-state index in [4.69, 9.17) is 5.11 Å². The Hall–Kier alpha value is -1.42. The number of carbonyl (C=O) groups is 1. The van der Waals surface area contributed by atoms with Crippen LogP contribution in [0.3, 0.4) is 0 Å². The van der Waals surface area contributed by atoms with Crippen LogP contribution in [0.1, 0.15) is 15.9 Å². The van der Waals surface area contributed by atoms with Crippen LogP contribution >= 0.6 is 0 Å². The van der Waals surface area contributed by atoms with Crippen molar-refractivity contribution in [3.8, 4) is 0 Å². The average molecular weight is 167 g/mol. The van der Waals surface area contributed by atoms with E-state index in [1.165, 1.54) is 25.6 Å². The zero-order valence-corrected chi connectivity index (χ0v) is 6.65. The lowest BCUT2D eigenvalue weighted by Gasteiger charge is -2.02. The van der Waals surface area contributed by atoms with Crippen molar-refractivity contribution < 1.29 is 14.6 Å². The first-order valence-corrected chi connectivity index (χ1v) is 3.41. The van der Waals surface area contributed by atoms with Gasteiger partial charge in [0.1, 0.15) is 0 Å². The summed E-state index contributed by atoms with van der Waals surface area (Å²) < 4.78 is 4.50. The Morgan fingerprint density at radius 1 is 1.75 bits per heavy atom. The predicted octanol–water partition coefficient (Wildman–Crippen LogP) is 0.360. The Morgan fingerprint density at radius 3 is 3.08 bits per heavy atom. The van der Waals surface area contributed by atoms with E-state index in [9.17, 15) is 4.79 Å². The molecule has 12 heavy (non-hydrogen) atoms. The van der Waals surface area contributed by atoms with Gasteiger partial charge < -0.3 is 9.84 Å². The summed E-state index contributed by atoms with van der Waals surface area (Å²) in [4.78, 5) is 14.8. The fraction of sp³-hybridized carbons (Fsp3) is 0.250. The molecule has 0 aliphatic rings. The van der Waals surface area contributed by atoms with Gasteiger partial charge in [-0.1, -0.05) is 0 Å². The molecule has 0 aromatic carbocycles. The lowest BCUT2D eigenvalue weighted by atomic mass is 10.1. The van der Waals surface area contributed by atoms with Crippen LogP contribution in [0.25, 0.3) is 0 Å². The van der Waals surface area contributed by atoms with E-state index < -0.39 is 5.97 Å². The van der Waals surface area contributed by atoms with Gasteiger partial charge in [0.05, 0.1) is 19.3 Å². The fourth-order valence-electron chi connectivity index (χ4n) is 0.862. The second kappa shape index (κ2) is 3.82. The van der Waals surface area contributed by atoms with Crippen molar-refractivity contribution in [1.82, 2.24) is 4.98 Å². The van der Waals surface area contributed by atoms with Crippen LogP contribution in [0.4, 0.5) is 0 Å². The molecule has 64 valence electrons. The molecule has 0 aliphatic carbocycles. The second-order valence-corrected chi connectivity index (χ2v) is 2.18. The highest BCUT2D eigenvalue weighted by Gasteiger charge is 2.09. The zero-order valence-electron chi connectivity index (χ0n) is 6.65. The molecule has 1 aromatic rings. The lowest BCUT2D eigenvalue weighted by molar-refractivity contribution is 0.0597. The van der Waals surface area contributed by atoms with Crippen LogP contribution in [0.2, 0.25) is 0 Å². The summed E-state index contributed by atoms with van der Waals surface area (Å²) in [5, 5.41) is 8.82. The minimum absolute atomic E-state index is 0.210. The standard InChI is InChI=1S/C8H9NO3/c1-12-8(11)7-2-3-9-4-6(7)5-10/h2-4,10H,5H2,1H3. The molecule has 4 nitrogen and oxygen atoms in total. The summed E-state index contributed by atoms with van der Waals surface area (Å²) >= 11 is 0. The molecule has 0 saturated carbocycles. The van der Waals surface area contributed by atoms with Crippen LogP contribution in [0.5, 0.6) is 0 Å². The summed E-state index contributed by atoms with van der Waals surface area (Å²) in [6.45, 7) is -0.210. The van der Waals surface area contributed by atoms with Crippen molar-refractivity contribution in [2.24, 2.45) is 0 Å². The fourth-order valence-corrected chi connectivity index (χ4v) is 0.862. The van der Waals surface area contributed by atoms with Gasteiger partial charge in [0.15, 0.2) is 0 Å². The minimum Gasteiger partial charge on any atom is -0.465 e. The number of hydrogen-bond acceptors (Lipinski definition) is 4. The third-order valence-corrected chi connectivity index (χ3v) is 1.48. The van der Waals surface area contributed by atoms with Crippen LogP contribution in [-0.4, -0.2) is 23.2 Å². The molecule has 0 spiro atoms. The van der Waals surface area contributed by atoms with Gasteiger partial charge in [-0.25, -0.2) is 4.79 Å². The SMILES string of the molecule is COC(=O)c1ccncc1CO. The zero-order chi connectivity index (χ0) is 8.97. The van der Waals surface area contributed by atoms with Crippen molar-refractivity contribution in [3.05, 3.63) is 29.6 Å². The number of aliphatic hydroxyl groups excluding tert-OH is 1. The number of aromatic nitrogens is 1. The molecular formula is C8H9NO3. The Labute approximate surface area is 69.8 Å². The lowest BCUT2D eigenvalue weighted by Crippen LogP contribution is -2.05. The number of pyridine rings is 1. The third kappa shape index (κ3) is 1.60. The number of methoxy groups -OCH3 is 1. The molecule has 0 radical (unpaired) electrons. The van der Waals surface area contributed by atoms with E-state index >= 15 is 0 Å². The molecular weight excluding hydrogens is 158 g/mol. The molecule has 1 aromatic heterocycles. The maximum Gasteiger partial charge on any atom is 0.338 e. The van der Waals surface area contributed by atoms with E-state index in [0.717, 1.165) is 0 Å².